The first-order valence-electron chi connectivity index (χ1n) is 10.5. The molecule has 0 amide bonds. The van der Waals surface area contributed by atoms with Gasteiger partial charge in [0.1, 0.15) is 5.75 Å². The number of anilines is 2. The zero-order valence-electron chi connectivity index (χ0n) is 18.1. The summed E-state index contributed by atoms with van der Waals surface area (Å²) >= 11 is 3.60. The van der Waals surface area contributed by atoms with Gasteiger partial charge in [0.05, 0.1) is 30.7 Å². The number of carbonyl (C=O) groups excluding carboxylic acids is 1. The molecule has 0 saturated carbocycles. The number of nitrogens with zero attached hydrogens (tertiary/aromatic N) is 1. The molecule has 162 valence electrons. The minimum Gasteiger partial charge on any atom is -0.492 e. The molecule has 0 spiro atoms. The number of rotatable bonds is 9. The highest BCUT2D eigenvalue weighted by Gasteiger charge is 2.25. The van der Waals surface area contributed by atoms with Crippen LogP contribution in [-0.4, -0.2) is 38.2 Å². The lowest BCUT2D eigenvalue weighted by atomic mass is 10.0. The fourth-order valence-corrected chi connectivity index (χ4v) is 5.36. The monoisotopic (exact) mass is 445 g/mol. The lowest BCUT2D eigenvalue weighted by molar-refractivity contribution is -0.141. The van der Waals surface area contributed by atoms with Gasteiger partial charge in [0.15, 0.2) is 0 Å². The van der Waals surface area contributed by atoms with Gasteiger partial charge in [-0.1, -0.05) is 38.0 Å². The van der Waals surface area contributed by atoms with E-state index in [2.05, 4.69) is 60.5 Å². The molecule has 0 aliphatic carbocycles. The van der Waals surface area contributed by atoms with Crippen LogP contribution >= 0.6 is 23.5 Å². The van der Waals surface area contributed by atoms with E-state index in [1.807, 2.05) is 11.8 Å². The number of para-hydroxylation sites is 1. The molecule has 3 rings (SSSR count). The van der Waals surface area contributed by atoms with Crippen LogP contribution in [0.1, 0.15) is 32.6 Å². The van der Waals surface area contributed by atoms with E-state index in [1.165, 1.54) is 42.6 Å². The van der Waals surface area contributed by atoms with Crippen LogP contribution in [-0.2, 0) is 9.53 Å². The minimum atomic E-state index is -0.251. The second-order valence-electron chi connectivity index (χ2n) is 7.41. The second kappa shape index (κ2) is 11.6. The predicted molar refractivity (Wildman–Crippen MR) is 128 cm³/mol. The van der Waals surface area contributed by atoms with E-state index in [0.717, 1.165) is 22.9 Å². The minimum absolute atomic E-state index is 0.251. The average Bonchev–Trinajstić information content (AvgIpc) is 2.96. The number of unbranched alkanes of at least 4 members (excludes halogenated alkanes) is 1. The topological polar surface area (TPSA) is 38.8 Å². The molecular formula is C24H31NO3S2. The molecule has 2 aromatic rings. The fourth-order valence-electron chi connectivity index (χ4n) is 3.61. The third kappa shape index (κ3) is 5.88. The SMILES string of the molecule is CCCC[C@@H]1CSc2cc(OCCC(=O)OC)c(SC)cc2N(c2ccccc2)C1. The Bertz CT molecular complexity index is 829. The van der Waals surface area contributed by atoms with E-state index in [9.17, 15) is 4.79 Å². The van der Waals surface area contributed by atoms with Crippen molar-refractivity contribution in [2.45, 2.75) is 42.4 Å². The summed E-state index contributed by atoms with van der Waals surface area (Å²) in [4.78, 5) is 16.2. The lowest BCUT2D eigenvalue weighted by Gasteiger charge is -2.28. The number of esters is 1. The lowest BCUT2D eigenvalue weighted by Crippen LogP contribution is -2.25. The predicted octanol–water partition coefficient (Wildman–Crippen LogP) is 6.40. The third-order valence-corrected chi connectivity index (χ3v) is 7.31. The number of hydrogen-bond donors (Lipinski definition) is 0. The fraction of sp³-hybridized carbons (Fsp3) is 0.458. The van der Waals surface area contributed by atoms with Crippen LogP contribution in [0.3, 0.4) is 0 Å². The van der Waals surface area contributed by atoms with Gasteiger partial charge in [-0.15, -0.1) is 23.5 Å². The first-order chi connectivity index (χ1) is 14.7. The van der Waals surface area contributed by atoms with Gasteiger partial charge in [0, 0.05) is 22.9 Å². The van der Waals surface area contributed by atoms with Gasteiger partial charge in [0.25, 0.3) is 0 Å². The number of ether oxygens (including phenoxy) is 2. The molecule has 4 nitrogen and oxygen atoms in total. The molecule has 1 atom stereocenters. The van der Waals surface area contributed by atoms with Crippen LogP contribution in [0.25, 0.3) is 0 Å². The molecule has 1 heterocycles. The standard InChI is InChI=1S/C24H31NO3S2/c1-4-5-9-18-16-25(19-10-7-6-8-11-19)20-14-23(29-3)21(15-22(20)30-17-18)28-13-12-24(26)27-2/h6-8,10-11,14-15,18H,4-5,9,12-13,16-17H2,1-3H3/t18-/m0/s1. The van der Waals surface area contributed by atoms with Crippen molar-refractivity contribution in [2.75, 3.05) is 37.2 Å². The smallest absolute Gasteiger partial charge is 0.308 e. The van der Waals surface area contributed by atoms with E-state index in [-0.39, 0.29) is 12.4 Å². The van der Waals surface area contributed by atoms with Gasteiger partial charge in [-0.2, -0.15) is 0 Å². The molecule has 0 N–H and O–H groups in total. The number of fused-ring (bicyclic) bond motifs is 1. The maximum Gasteiger partial charge on any atom is 0.308 e. The summed E-state index contributed by atoms with van der Waals surface area (Å²) in [7, 11) is 1.40. The highest BCUT2D eigenvalue weighted by atomic mass is 32.2. The van der Waals surface area contributed by atoms with Gasteiger partial charge in [-0.3, -0.25) is 4.79 Å². The normalized spacial score (nSPS) is 16.0. The molecule has 1 aliphatic rings. The van der Waals surface area contributed by atoms with Crippen LogP contribution in [0.2, 0.25) is 0 Å². The summed E-state index contributed by atoms with van der Waals surface area (Å²) in [6, 6.07) is 15.1. The maximum absolute atomic E-state index is 11.4. The molecule has 0 radical (unpaired) electrons. The zero-order chi connectivity index (χ0) is 21.3. The Morgan fingerprint density at radius 1 is 1.27 bits per heavy atom. The molecule has 30 heavy (non-hydrogen) atoms. The Balaban J connectivity index is 1.91. The van der Waals surface area contributed by atoms with Gasteiger partial charge < -0.3 is 14.4 Å². The zero-order valence-corrected chi connectivity index (χ0v) is 19.7. The number of thioether (sulfide) groups is 2. The van der Waals surface area contributed by atoms with Crippen LogP contribution in [0.4, 0.5) is 11.4 Å². The van der Waals surface area contributed by atoms with Gasteiger partial charge in [-0.25, -0.2) is 0 Å². The van der Waals surface area contributed by atoms with E-state index in [0.29, 0.717) is 12.5 Å². The molecule has 2 aromatic carbocycles. The Hall–Kier alpha value is -1.79. The Labute approximate surface area is 188 Å². The first kappa shape index (κ1) is 22.9. The highest BCUT2D eigenvalue weighted by Crippen LogP contribution is 2.45. The van der Waals surface area contributed by atoms with Gasteiger partial charge >= 0.3 is 5.97 Å². The largest absolute Gasteiger partial charge is 0.492 e. The van der Waals surface area contributed by atoms with Gasteiger partial charge in [0.2, 0.25) is 0 Å². The maximum atomic E-state index is 11.4. The molecule has 0 unspecified atom stereocenters. The van der Waals surface area contributed by atoms with Crippen molar-refractivity contribution in [3.05, 3.63) is 42.5 Å². The van der Waals surface area contributed by atoms with Crippen LogP contribution in [0.5, 0.6) is 5.75 Å². The molecule has 6 heteroatoms. The summed E-state index contributed by atoms with van der Waals surface area (Å²) < 4.78 is 10.7. The Morgan fingerprint density at radius 3 is 2.77 bits per heavy atom. The van der Waals surface area contributed by atoms with E-state index >= 15 is 0 Å². The van der Waals surface area contributed by atoms with Crippen molar-refractivity contribution < 1.29 is 14.3 Å². The van der Waals surface area contributed by atoms with Crippen molar-refractivity contribution in [2.24, 2.45) is 5.92 Å². The summed E-state index contributed by atoms with van der Waals surface area (Å²) in [5.41, 5.74) is 2.48. The molecule has 0 fully saturated rings. The Kier molecular flexibility index (Phi) is 8.82. The van der Waals surface area contributed by atoms with Crippen molar-refractivity contribution in [3.8, 4) is 5.75 Å². The van der Waals surface area contributed by atoms with Crippen molar-refractivity contribution >= 4 is 40.9 Å². The number of carbonyl (C=O) groups is 1. The number of hydrogen-bond acceptors (Lipinski definition) is 6. The molecular weight excluding hydrogens is 414 g/mol. The third-order valence-electron chi connectivity index (χ3n) is 5.28. The Morgan fingerprint density at radius 2 is 2.07 bits per heavy atom. The van der Waals surface area contributed by atoms with Crippen LogP contribution in [0.15, 0.2) is 52.3 Å². The molecule has 0 saturated heterocycles. The summed E-state index contributed by atoms with van der Waals surface area (Å²) in [6.07, 6.45) is 6.06. The van der Waals surface area contributed by atoms with Crippen LogP contribution < -0.4 is 9.64 Å². The van der Waals surface area contributed by atoms with E-state index < -0.39 is 0 Å². The first-order valence-corrected chi connectivity index (χ1v) is 12.7. The van der Waals surface area contributed by atoms with Crippen molar-refractivity contribution in [1.29, 1.82) is 0 Å². The summed E-state index contributed by atoms with van der Waals surface area (Å²) in [5, 5.41) is 0. The average molecular weight is 446 g/mol. The van der Waals surface area contributed by atoms with Crippen molar-refractivity contribution in [3.63, 3.8) is 0 Å². The number of methoxy groups -OCH3 is 1. The van der Waals surface area contributed by atoms with Crippen LogP contribution in [0, 0.1) is 5.92 Å². The summed E-state index contributed by atoms with van der Waals surface area (Å²) in [5.74, 6) is 2.34. The molecule has 1 aliphatic heterocycles. The summed E-state index contributed by atoms with van der Waals surface area (Å²) in [6.45, 7) is 3.61. The number of benzene rings is 2. The molecule has 0 aromatic heterocycles. The quantitative estimate of drug-likeness (QED) is 0.328. The highest BCUT2D eigenvalue weighted by molar-refractivity contribution is 7.99. The second-order valence-corrected chi connectivity index (χ2v) is 9.32. The molecule has 0 bridgehead atoms. The van der Waals surface area contributed by atoms with E-state index in [4.69, 9.17) is 9.47 Å². The van der Waals surface area contributed by atoms with Crippen molar-refractivity contribution in [1.82, 2.24) is 0 Å². The van der Waals surface area contributed by atoms with Gasteiger partial charge in [-0.05, 0) is 42.9 Å². The van der Waals surface area contributed by atoms with E-state index in [1.54, 1.807) is 11.8 Å².